The third-order valence-corrected chi connectivity index (χ3v) is 6.70. The largest absolute Gasteiger partial charge is 0.495 e. The molecular formula is C20H27BFNO5. The van der Waals surface area contributed by atoms with Gasteiger partial charge in [-0.15, -0.1) is 0 Å². The number of aliphatic hydroxyl groups is 1. The van der Waals surface area contributed by atoms with Gasteiger partial charge in [0.2, 0.25) is 0 Å². The van der Waals surface area contributed by atoms with Crippen molar-refractivity contribution in [2.45, 2.75) is 77.2 Å². The number of halogens is 1. The van der Waals surface area contributed by atoms with Gasteiger partial charge in [-0.3, -0.25) is 9.69 Å². The third-order valence-electron chi connectivity index (χ3n) is 6.70. The second-order valence-electron chi connectivity index (χ2n) is 8.98. The average molecular weight is 391 g/mol. The predicted molar refractivity (Wildman–Crippen MR) is 102 cm³/mol. The molecule has 1 N–H and O–H groups in total. The number of benzene rings is 1. The maximum Gasteiger partial charge on any atom is 0.495 e. The van der Waals surface area contributed by atoms with Crippen molar-refractivity contribution < 1.29 is 28.3 Å². The molecule has 1 aromatic rings. The molecule has 2 atom stereocenters. The molecule has 8 heteroatoms. The molecule has 1 aromatic carbocycles. The Morgan fingerprint density at radius 3 is 2.43 bits per heavy atom. The summed E-state index contributed by atoms with van der Waals surface area (Å²) in [7, 11) is -0.773. The maximum atomic E-state index is 15.1. The maximum absolute atomic E-state index is 15.1. The van der Waals surface area contributed by atoms with E-state index in [0.29, 0.717) is 23.9 Å². The Kier molecular flexibility index (Phi) is 4.52. The Morgan fingerprint density at radius 2 is 1.86 bits per heavy atom. The molecule has 0 spiro atoms. The number of fused-ring (bicyclic) bond motifs is 1. The fraction of sp³-hybridized carbons (Fsp3) is 0.650. The molecule has 152 valence electrons. The van der Waals surface area contributed by atoms with Gasteiger partial charge in [0, 0.05) is 0 Å². The van der Waals surface area contributed by atoms with Crippen LogP contribution in [0.25, 0.3) is 0 Å². The Morgan fingerprint density at radius 1 is 1.21 bits per heavy atom. The molecule has 3 aliphatic rings. The number of nitrogens with zero attached hydrogens (tertiary/aromatic N) is 1. The van der Waals surface area contributed by atoms with Crippen molar-refractivity contribution in [3.05, 3.63) is 23.0 Å². The van der Waals surface area contributed by atoms with Gasteiger partial charge in [0.1, 0.15) is 0 Å². The van der Waals surface area contributed by atoms with Gasteiger partial charge in [-0.25, -0.2) is 4.39 Å². The number of carbonyl (C=O) groups excluding carboxylic acids is 1. The summed E-state index contributed by atoms with van der Waals surface area (Å²) >= 11 is 0. The number of amides is 1. The van der Waals surface area contributed by atoms with E-state index in [1.165, 1.54) is 4.90 Å². The summed E-state index contributed by atoms with van der Waals surface area (Å²) in [4.78, 5) is 14.6. The predicted octanol–water partition coefficient (Wildman–Crippen LogP) is 2.14. The van der Waals surface area contributed by atoms with Crippen LogP contribution in [0.1, 0.15) is 62.9 Å². The minimum absolute atomic E-state index is 0.0356. The fourth-order valence-corrected chi connectivity index (χ4v) is 4.14. The molecule has 0 aromatic heterocycles. The summed E-state index contributed by atoms with van der Waals surface area (Å²) in [5, 5.41) is 10.2. The number of hydrogen-bond acceptors (Lipinski definition) is 5. The molecule has 6 nitrogen and oxygen atoms in total. The van der Waals surface area contributed by atoms with Crippen LogP contribution in [0.3, 0.4) is 0 Å². The quantitative estimate of drug-likeness (QED) is 0.783. The first kappa shape index (κ1) is 19.7. The molecule has 1 aliphatic carbocycles. The van der Waals surface area contributed by atoms with Crippen LogP contribution in [0.15, 0.2) is 6.07 Å². The first-order chi connectivity index (χ1) is 13.0. The Labute approximate surface area is 165 Å². The molecule has 28 heavy (non-hydrogen) atoms. The zero-order valence-corrected chi connectivity index (χ0v) is 17.0. The van der Waals surface area contributed by atoms with E-state index < -0.39 is 30.2 Å². The minimum atomic E-state index is -0.773. The second kappa shape index (κ2) is 6.44. The molecule has 0 bridgehead atoms. The monoisotopic (exact) mass is 391 g/mol. The van der Waals surface area contributed by atoms with E-state index in [4.69, 9.17) is 14.0 Å². The average Bonchev–Trinajstić information content (AvgIpc) is 3.11. The van der Waals surface area contributed by atoms with Crippen LogP contribution < -0.4 is 10.2 Å². The van der Waals surface area contributed by atoms with Crippen molar-refractivity contribution in [1.29, 1.82) is 0 Å². The molecule has 1 amide bonds. The molecule has 2 fully saturated rings. The molecule has 4 rings (SSSR count). The summed E-state index contributed by atoms with van der Waals surface area (Å²) in [6, 6.07) is 1.32. The van der Waals surface area contributed by atoms with Crippen molar-refractivity contribution in [3.63, 3.8) is 0 Å². The molecule has 1 saturated carbocycles. The minimum Gasteiger partial charge on any atom is -0.469 e. The van der Waals surface area contributed by atoms with Crippen LogP contribution in [-0.4, -0.2) is 53.1 Å². The van der Waals surface area contributed by atoms with E-state index in [0.717, 1.165) is 6.42 Å². The second-order valence-corrected chi connectivity index (χ2v) is 8.98. The summed E-state index contributed by atoms with van der Waals surface area (Å²) in [5.74, 6) is -0.933. The lowest BCUT2D eigenvalue weighted by atomic mass is 9.75. The van der Waals surface area contributed by atoms with E-state index in [2.05, 4.69) is 0 Å². The van der Waals surface area contributed by atoms with Gasteiger partial charge < -0.3 is 19.2 Å². The molecule has 2 aliphatic heterocycles. The molecule has 0 radical (unpaired) electrons. The van der Waals surface area contributed by atoms with Gasteiger partial charge in [-0.1, -0.05) is 0 Å². The van der Waals surface area contributed by atoms with E-state index in [-0.39, 0.29) is 30.0 Å². The first-order valence-electron chi connectivity index (χ1n) is 9.84. The highest BCUT2D eigenvalue weighted by Gasteiger charge is 2.53. The van der Waals surface area contributed by atoms with Crippen molar-refractivity contribution >= 4 is 18.5 Å². The number of aliphatic hydroxyl groups excluding tert-OH is 1. The van der Waals surface area contributed by atoms with Gasteiger partial charge in [0.05, 0.1) is 28.9 Å². The molecule has 2 heterocycles. The third kappa shape index (κ3) is 2.85. The highest BCUT2D eigenvalue weighted by Crippen LogP contribution is 2.38. The van der Waals surface area contributed by atoms with Crippen molar-refractivity contribution in [2.24, 2.45) is 0 Å². The van der Waals surface area contributed by atoms with Gasteiger partial charge in [-0.2, -0.15) is 0 Å². The smallest absolute Gasteiger partial charge is 0.469 e. The summed E-state index contributed by atoms with van der Waals surface area (Å²) in [5.41, 5.74) is -0.160. The normalized spacial score (nSPS) is 28.5. The van der Waals surface area contributed by atoms with Crippen LogP contribution in [0.4, 0.5) is 4.39 Å². The molecule has 2 unspecified atom stereocenters. The van der Waals surface area contributed by atoms with Crippen LogP contribution in [0, 0.1) is 12.7 Å². The SMILES string of the molecule is Cc1c(B2OC(C)(C)C(C)(C)O2)cc2c(c1F)OCN(C1CCCC1O)C2=O. The lowest BCUT2D eigenvalue weighted by molar-refractivity contribution is 0.00578. The van der Waals surface area contributed by atoms with Gasteiger partial charge >= 0.3 is 7.12 Å². The van der Waals surface area contributed by atoms with Crippen LogP contribution in [-0.2, 0) is 9.31 Å². The summed E-state index contributed by atoms with van der Waals surface area (Å²) < 4.78 is 32.8. The Balaban J connectivity index is 1.72. The lowest BCUT2D eigenvalue weighted by Gasteiger charge is -2.35. The highest BCUT2D eigenvalue weighted by molar-refractivity contribution is 6.62. The number of ether oxygens (including phenoxy) is 1. The topological polar surface area (TPSA) is 68.2 Å². The summed E-state index contributed by atoms with van der Waals surface area (Å²) in [6.45, 7) is 9.28. The zero-order chi connectivity index (χ0) is 20.4. The summed E-state index contributed by atoms with van der Waals surface area (Å²) in [6.07, 6.45) is 1.64. The molecular weight excluding hydrogens is 364 g/mol. The first-order valence-corrected chi connectivity index (χ1v) is 9.84. The van der Waals surface area contributed by atoms with Crippen LogP contribution in [0.5, 0.6) is 5.75 Å². The van der Waals surface area contributed by atoms with E-state index in [9.17, 15) is 9.90 Å². The fourth-order valence-electron chi connectivity index (χ4n) is 4.14. The standard InChI is InChI=1S/C20H27BFNO5/c1-11-13(21-27-19(2,3)20(4,5)28-21)9-12-17(16(11)22)26-10-23(18(12)25)14-7-6-8-15(14)24/h9,14-15,24H,6-8,10H2,1-5H3. The molecule has 1 saturated heterocycles. The lowest BCUT2D eigenvalue weighted by Crippen LogP contribution is -2.49. The Hall–Kier alpha value is -1.64. The highest BCUT2D eigenvalue weighted by atomic mass is 19.1. The number of carbonyl (C=O) groups is 1. The zero-order valence-electron chi connectivity index (χ0n) is 17.0. The van der Waals surface area contributed by atoms with Crippen molar-refractivity contribution in [3.8, 4) is 5.75 Å². The Bertz CT molecular complexity index is 811. The van der Waals surface area contributed by atoms with Gasteiger partial charge in [0.15, 0.2) is 18.3 Å². The van der Waals surface area contributed by atoms with Crippen molar-refractivity contribution in [1.82, 2.24) is 4.90 Å². The van der Waals surface area contributed by atoms with E-state index in [1.807, 2.05) is 27.7 Å². The van der Waals surface area contributed by atoms with Gasteiger partial charge in [-0.05, 0) is 71.0 Å². The van der Waals surface area contributed by atoms with E-state index >= 15 is 4.39 Å². The van der Waals surface area contributed by atoms with Crippen molar-refractivity contribution in [2.75, 3.05) is 6.73 Å². The van der Waals surface area contributed by atoms with Crippen LogP contribution in [0.2, 0.25) is 0 Å². The number of rotatable bonds is 2. The number of hydrogen-bond donors (Lipinski definition) is 1. The van der Waals surface area contributed by atoms with Crippen LogP contribution >= 0.6 is 0 Å². The van der Waals surface area contributed by atoms with Gasteiger partial charge in [0.25, 0.3) is 5.91 Å². The van der Waals surface area contributed by atoms with E-state index in [1.54, 1.807) is 13.0 Å².